The summed E-state index contributed by atoms with van der Waals surface area (Å²) < 4.78 is 0. The van der Waals surface area contributed by atoms with Gasteiger partial charge in [-0.1, -0.05) is 71.5 Å². The van der Waals surface area contributed by atoms with Crippen molar-refractivity contribution in [3.8, 4) is 0 Å². The van der Waals surface area contributed by atoms with Crippen molar-refractivity contribution in [2.24, 2.45) is 0 Å². The first-order chi connectivity index (χ1) is 17.5. The van der Waals surface area contributed by atoms with E-state index in [9.17, 15) is 9.59 Å². The lowest BCUT2D eigenvalue weighted by Crippen LogP contribution is -2.15. The highest BCUT2D eigenvalue weighted by Crippen LogP contribution is 2.18. The maximum atomic E-state index is 12.3. The number of hydrogen-bond donors (Lipinski definition) is 2. The highest BCUT2D eigenvalue weighted by Gasteiger charge is 2.10. The number of hydrogen-bond acceptors (Lipinski definition) is 7. The van der Waals surface area contributed by atoms with E-state index >= 15 is 0 Å². The van der Waals surface area contributed by atoms with E-state index in [1.807, 2.05) is 67.6 Å². The fourth-order valence-corrected chi connectivity index (χ4v) is 4.48. The zero-order valence-corrected chi connectivity index (χ0v) is 20.9. The van der Waals surface area contributed by atoms with Gasteiger partial charge in [0.15, 0.2) is 5.82 Å². The molecule has 8 nitrogen and oxygen atoms in total. The second-order valence-electron chi connectivity index (χ2n) is 8.54. The molecule has 0 atom stereocenters. The molecule has 2 heterocycles. The summed E-state index contributed by atoms with van der Waals surface area (Å²) in [6.07, 6.45) is 4.02. The van der Waals surface area contributed by atoms with Crippen molar-refractivity contribution in [1.29, 1.82) is 0 Å². The molecule has 0 unspecified atom stereocenters. The van der Waals surface area contributed by atoms with Gasteiger partial charge in [-0.15, -0.1) is 15.3 Å². The van der Waals surface area contributed by atoms with E-state index in [2.05, 4.69) is 31.0 Å². The lowest BCUT2D eigenvalue weighted by molar-refractivity contribution is -0.116. The average Bonchev–Trinajstić information content (AvgIpc) is 3.30. The number of carbonyl (C=O) groups excluding carboxylic acids is 2. The maximum Gasteiger partial charge on any atom is 0.230 e. The van der Waals surface area contributed by atoms with Crippen LogP contribution in [0.5, 0.6) is 0 Å². The van der Waals surface area contributed by atoms with Crippen molar-refractivity contribution >= 4 is 34.1 Å². The van der Waals surface area contributed by atoms with Crippen LogP contribution in [0.15, 0.2) is 66.7 Å². The number of nitrogens with one attached hydrogen (secondary N) is 2. The second-order valence-corrected chi connectivity index (χ2v) is 9.60. The van der Waals surface area contributed by atoms with Crippen molar-refractivity contribution < 1.29 is 9.59 Å². The van der Waals surface area contributed by atoms with Crippen LogP contribution in [0.4, 0.5) is 10.9 Å². The molecule has 0 bridgehead atoms. The Bertz CT molecular complexity index is 1290. The Morgan fingerprint density at radius 2 is 1.50 bits per heavy atom. The van der Waals surface area contributed by atoms with Gasteiger partial charge in [0.1, 0.15) is 5.01 Å². The minimum atomic E-state index is -0.119. The van der Waals surface area contributed by atoms with Crippen molar-refractivity contribution in [2.75, 3.05) is 10.6 Å². The molecule has 2 aromatic carbocycles. The molecule has 0 aliphatic rings. The van der Waals surface area contributed by atoms with Crippen LogP contribution < -0.4 is 10.6 Å². The van der Waals surface area contributed by atoms with Crippen LogP contribution in [0, 0.1) is 6.92 Å². The van der Waals surface area contributed by atoms with Gasteiger partial charge < -0.3 is 10.6 Å². The first-order valence-electron chi connectivity index (χ1n) is 11.9. The number of anilines is 2. The molecule has 0 fully saturated rings. The quantitative estimate of drug-likeness (QED) is 0.292. The number of unbranched alkanes of at least 4 members (excludes halogenated alkanes) is 1. The molecule has 2 amide bonds. The Kier molecular flexibility index (Phi) is 8.82. The average molecular weight is 501 g/mol. The molecule has 0 saturated carbocycles. The van der Waals surface area contributed by atoms with Crippen LogP contribution in [0.1, 0.15) is 40.2 Å². The van der Waals surface area contributed by atoms with Gasteiger partial charge in [0.05, 0.1) is 18.5 Å². The SMILES string of the molecule is Cc1cccc(CC(=O)Nc2nnc(CCCCc3ccc(NC(=O)Cc4ccccc4)nn3)s2)c1. The van der Waals surface area contributed by atoms with Crippen molar-refractivity contribution in [3.63, 3.8) is 0 Å². The maximum absolute atomic E-state index is 12.3. The smallest absolute Gasteiger partial charge is 0.230 e. The van der Waals surface area contributed by atoms with E-state index in [1.54, 1.807) is 6.07 Å². The van der Waals surface area contributed by atoms with Crippen LogP contribution in [0.2, 0.25) is 0 Å². The van der Waals surface area contributed by atoms with Gasteiger partial charge in [-0.05, 0) is 49.4 Å². The number of carbonyl (C=O) groups is 2. The number of amides is 2. The predicted octanol–water partition coefficient (Wildman–Crippen LogP) is 4.56. The van der Waals surface area contributed by atoms with E-state index in [-0.39, 0.29) is 11.8 Å². The van der Waals surface area contributed by atoms with Gasteiger partial charge in [-0.3, -0.25) is 9.59 Å². The fourth-order valence-electron chi connectivity index (χ4n) is 3.69. The summed E-state index contributed by atoms with van der Waals surface area (Å²) in [5, 5.41) is 23.7. The Morgan fingerprint density at radius 3 is 2.28 bits per heavy atom. The summed E-state index contributed by atoms with van der Waals surface area (Å²) >= 11 is 1.41. The highest BCUT2D eigenvalue weighted by atomic mass is 32.1. The molecule has 4 aromatic rings. The summed E-state index contributed by atoms with van der Waals surface area (Å²) in [5.74, 6) is 0.234. The van der Waals surface area contributed by atoms with Crippen LogP contribution >= 0.6 is 11.3 Å². The zero-order valence-electron chi connectivity index (χ0n) is 20.1. The molecule has 0 aliphatic carbocycles. The van der Waals surface area contributed by atoms with Gasteiger partial charge in [0.25, 0.3) is 0 Å². The Hall–Kier alpha value is -3.98. The van der Waals surface area contributed by atoms with E-state index in [1.165, 1.54) is 11.3 Å². The number of rotatable bonds is 11. The molecule has 2 aromatic heterocycles. The van der Waals surface area contributed by atoms with Gasteiger partial charge in [-0.25, -0.2) is 0 Å². The topological polar surface area (TPSA) is 110 Å². The number of nitrogens with zero attached hydrogens (tertiary/aromatic N) is 4. The molecule has 0 spiro atoms. The van der Waals surface area contributed by atoms with Gasteiger partial charge in [0.2, 0.25) is 16.9 Å². The third kappa shape index (κ3) is 8.06. The lowest BCUT2D eigenvalue weighted by atomic mass is 10.1. The third-order valence-electron chi connectivity index (χ3n) is 5.43. The second kappa shape index (κ2) is 12.6. The monoisotopic (exact) mass is 500 g/mol. The number of benzene rings is 2. The lowest BCUT2D eigenvalue weighted by Gasteiger charge is -2.05. The largest absolute Gasteiger partial charge is 0.309 e. The summed E-state index contributed by atoms with van der Waals surface area (Å²) in [5.41, 5.74) is 3.93. The molecule has 36 heavy (non-hydrogen) atoms. The molecular formula is C27H28N6O2S. The van der Waals surface area contributed by atoms with E-state index in [0.717, 1.165) is 53.1 Å². The number of aromatic nitrogens is 4. The van der Waals surface area contributed by atoms with Gasteiger partial charge >= 0.3 is 0 Å². The van der Waals surface area contributed by atoms with E-state index in [0.29, 0.717) is 23.8 Å². The molecular weight excluding hydrogens is 472 g/mol. The predicted molar refractivity (Wildman–Crippen MR) is 141 cm³/mol. The first-order valence-corrected chi connectivity index (χ1v) is 12.7. The van der Waals surface area contributed by atoms with Crippen LogP contribution in [-0.4, -0.2) is 32.2 Å². The molecule has 0 aliphatic heterocycles. The minimum Gasteiger partial charge on any atom is -0.309 e. The minimum absolute atomic E-state index is 0.0958. The first kappa shape index (κ1) is 25.1. The van der Waals surface area contributed by atoms with Crippen molar-refractivity contribution in [2.45, 2.75) is 45.4 Å². The third-order valence-corrected chi connectivity index (χ3v) is 6.33. The Balaban J connectivity index is 1.15. The molecule has 0 saturated heterocycles. The highest BCUT2D eigenvalue weighted by molar-refractivity contribution is 7.15. The number of aryl methyl sites for hydroxylation is 3. The van der Waals surface area contributed by atoms with Gasteiger partial charge in [-0.2, -0.15) is 5.10 Å². The molecule has 184 valence electrons. The molecule has 2 N–H and O–H groups in total. The summed E-state index contributed by atoms with van der Waals surface area (Å²) in [6, 6.07) is 21.1. The van der Waals surface area contributed by atoms with Crippen LogP contribution in [0.25, 0.3) is 0 Å². The molecule has 0 radical (unpaired) electrons. The van der Waals surface area contributed by atoms with Crippen LogP contribution in [-0.2, 0) is 35.3 Å². The summed E-state index contributed by atoms with van der Waals surface area (Å²) in [4.78, 5) is 24.4. The van der Waals surface area contributed by atoms with Crippen LogP contribution in [0.3, 0.4) is 0 Å². The van der Waals surface area contributed by atoms with E-state index < -0.39 is 0 Å². The van der Waals surface area contributed by atoms with E-state index in [4.69, 9.17) is 0 Å². The summed E-state index contributed by atoms with van der Waals surface area (Å²) in [6.45, 7) is 2.01. The normalized spacial score (nSPS) is 10.7. The van der Waals surface area contributed by atoms with Gasteiger partial charge in [0, 0.05) is 6.42 Å². The fraction of sp³-hybridized carbons (Fsp3) is 0.259. The van der Waals surface area contributed by atoms with Crippen molar-refractivity contribution in [1.82, 2.24) is 20.4 Å². The molecule has 9 heteroatoms. The Morgan fingerprint density at radius 1 is 0.750 bits per heavy atom. The van der Waals surface area contributed by atoms with Crippen molar-refractivity contribution in [3.05, 3.63) is 94.1 Å². The molecule has 4 rings (SSSR count). The Labute approximate surface area is 214 Å². The zero-order chi connectivity index (χ0) is 25.2. The standard InChI is InChI=1S/C27H28N6O2S/c1-19-8-7-11-21(16-19)18-25(35)29-27-33-32-26(36-27)13-6-5-12-22-14-15-23(31-30-22)28-24(34)17-20-9-3-2-4-10-20/h2-4,7-11,14-16H,5-6,12-13,17-18H2,1H3,(H,28,31,34)(H,29,33,35). The summed E-state index contributed by atoms with van der Waals surface area (Å²) in [7, 11) is 0.